The zero-order valence-corrected chi connectivity index (χ0v) is 16.4. The predicted octanol–water partition coefficient (Wildman–Crippen LogP) is 5.38. The molecule has 1 N–H and O–H groups in total. The number of aryl methyl sites for hydroxylation is 2. The fourth-order valence-electron chi connectivity index (χ4n) is 2.86. The second-order valence-electron chi connectivity index (χ2n) is 6.52. The first kappa shape index (κ1) is 18.2. The number of aromatic nitrogens is 4. The molecule has 0 unspecified atom stereocenters. The Morgan fingerprint density at radius 2 is 1.54 bits per heavy atom. The number of nitrogens with zero attached hydrogens (tertiary/aromatic N) is 3. The van der Waals surface area contributed by atoms with Crippen molar-refractivity contribution in [2.24, 2.45) is 0 Å². The number of aromatic amines is 1. The summed E-state index contributed by atoms with van der Waals surface area (Å²) in [5.74, 6) is 2.35. The van der Waals surface area contributed by atoms with Crippen molar-refractivity contribution >= 4 is 11.6 Å². The van der Waals surface area contributed by atoms with Gasteiger partial charge in [0.2, 0.25) is 0 Å². The Labute approximate surface area is 168 Å². The van der Waals surface area contributed by atoms with Gasteiger partial charge in [-0.05, 0) is 50.2 Å². The van der Waals surface area contributed by atoms with Crippen molar-refractivity contribution in [3.05, 3.63) is 83.0 Å². The van der Waals surface area contributed by atoms with Crippen LogP contribution in [-0.4, -0.2) is 19.9 Å². The fourth-order valence-corrected chi connectivity index (χ4v) is 2.98. The van der Waals surface area contributed by atoms with Crippen LogP contribution in [0.25, 0.3) is 22.6 Å². The lowest BCUT2D eigenvalue weighted by Gasteiger charge is -2.06. The number of imidazole rings is 1. The Morgan fingerprint density at radius 1 is 0.893 bits per heavy atom. The SMILES string of the molecule is Cc1ncc(COc2ccc(-c3nc(-c4ccc(Cl)cc4)c(C)[nH]3)cc2)cn1. The summed E-state index contributed by atoms with van der Waals surface area (Å²) < 4.78 is 5.81. The van der Waals surface area contributed by atoms with Gasteiger partial charge in [0, 0.05) is 39.8 Å². The minimum absolute atomic E-state index is 0.431. The standard InChI is InChI=1S/C22H19ClN4O/c1-14-21(17-3-7-19(23)8-4-17)27-22(26-14)18-5-9-20(10-6-18)28-13-16-11-24-15(2)25-12-16/h3-12H,13H2,1-2H3,(H,26,27). The second kappa shape index (κ2) is 7.82. The molecular formula is C22H19ClN4O. The molecule has 0 saturated carbocycles. The van der Waals surface area contributed by atoms with Crippen molar-refractivity contribution in [1.82, 2.24) is 19.9 Å². The zero-order chi connectivity index (χ0) is 19.5. The van der Waals surface area contributed by atoms with E-state index in [1.54, 1.807) is 12.4 Å². The van der Waals surface area contributed by atoms with E-state index < -0.39 is 0 Å². The van der Waals surface area contributed by atoms with Gasteiger partial charge in [0.15, 0.2) is 0 Å². The van der Waals surface area contributed by atoms with Gasteiger partial charge in [-0.15, -0.1) is 0 Å². The zero-order valence-electron chi connectivity index (χ0n) is 15.6. The molecule has 28 heavy (non-hydrogen) atoms. The number of ether oxygens (including phenoxy) is 1. The van der Waals surface area contributed by atoms with E-state index in [4.69, 9.17) is 21.3 Å². The van der Waals surface area contributed by atoms with Crippen molar-refractivity contribution in [3.8, 4) is 28.4 Å². The molecule has 6 heteroatoms. The highest BCUT2D eigenvalue weighted by molar-refractivity contribution is 6.30. The van der Waals surface area contributed by atoms with Crippen LogP contribution in [0.1, 0.15) is 17.1 Å². The van der Waals surface area contributed by atoms with Gasteiger partial charge in [-0.2, -0.15) is 0 Å². The smallest absolute Gasteiger partial charge is 0.138 e. The van der Waals surface area contributed by atoms with Gasteiger partial charge in [-0.3, -0.25) is 0 Å². The number of halogens is 1. The summed E-state index contributed by atoms with van der Waals surface area (Å²) in [6.45, 7) is 4.31. The van der Waals surface area contributed by atoms with E-state index in [0.29, 0.717) is 11.6 Å². The van der Waals surface area contributed by atoms with Crippen LogP contribution in [0, 0.1) is 13.8 Å². The van der Waals surface area contributed by atoms with Crippen LogP contribution in [0.4, 0.5) is 0 Å². The molecule has 0 atom stereocenters. The van der Waals surface area contributed by atoms with Gasteiger partial charge in [0.25, 0.3) is 0 Å². The maximum atomic E-state index is 5.98. The van der Waals surface area contributed by atoms with Crippen LogP contribution in [0.3, 0.4) is 0 Å². The molecule has 0 amide bonds. The largest absolute Gasteiger partial charge is 0.489 e. The van der Waals surface area contributed by atoms with Crippen LogP contribution >= 0.6 is 11.6 Å². The average molecular weight is 391 g/mol. The molecule has 5 nitrogen and oxygen atoms in total. The third-order valence-electron chi connectivity index (χ3n) is 4.37. The predicted molar refractivity (Wildman–Crippen MR) is 110 cm³/mol. The van der Waals surface area contributed by atoms with Crippen molar-refractivity contribution in [3.63, 3.8) is 0 Å². The summed E-state index contributed by atoms with van der Waals surface area (Å²) in [7, 11) is 0. The Bertz CT molecular complexity index is 1070. The van der Waals surface area contributed by atoms with E-state index in [2.05, 4.69) is 15.0 Å². The number of H-pyrrole nitrogens is 1. The van der Waals surface area contributed by atoms with E-state index in [9.17, 15) is 0 Å². The quantitative estimate of drug-likeness (QED) is 0.496. The van der Waals surface area contributed by atoms with E-state index in [0.717, 1.165) is 45.5 Å². The fraction of sp³-hybridized carbons (Fsp3) is 0.136. The van der Waals surface area contributed by atoms with Gasteiger partial charge in [0.05, 0.1) is 5.69 Å². The summed E-state index contributed by atoms with van der Waals surface area (Å²) in [6.07, 6.45) is 3.56. The van der Waals surface area contributed by atoms with Crippen molar-refractivity contribution in [1.29, 1.82) is 0 Å². The van der Waals surface area contributed by atoms with Crippen LogP contribution < -0.4 is 4.74 Å². The maximum absolute atomic E-state index is 5.98. The molecule has 2 aromatic heterocycles. The van der Waals surface area contributed by atoms with Crippen LogP contribution in [-0.2, 0) is 6.61 Å². The lowest BCUT2D eigenvalue weighted by atomic mass is 10.1. The van der Waals surface area contributed by atoms with Gasteiger partial charge in [-0.25, -0.2) is 15.0 Å². The van der Waals surface area contributed by atoms with Gasteiger partial charge >= 0.3 is 0 Å². The Balaban J connectivity index is 1.48. The third kappa shape index (κ3) is 4.05. The first-order chi connectivity index (χ1) is 13.6. The molecule has 0 spiro atoms. The molecule has 4 rings (SSSR count). The minimum atomic E-state index is 0.431. The maximum Gasteiger partial charge on any atom is 0.138 e. The van der Waals surface area contributed by atoms with Crippen molar-refractivity contribution < 1.29 is 4.74 Å². The second-order valence-corrected chi connectivity index (χ2v) is 6.95. The first-order valence-corrected chi connectivity index (χ1v) is 9.29. The van der Waals surface area contributed by atoms with E-state index in [1.165, 1.54) is 0 Å². The molecule has 2 heterocycles. The number of nitrogens with one attached hydrogen (secondary N) is 1. The highest BCUT2D eigenvalue weighted by Gasteiger charge is 2.11. The minimum Gasteiger partial charge on any atom is -0.489 e. The molecule has 0 fully saturated rings. The lowest BCUT2D eigenvalue weighted by Crippen LogP contribution is -1.98. The van der Waals surface area contributed by atoms with E-state index in [-0.39, 0.29) is 0 Å². The Hall–Kier alpha value is -3.18. The van der Waals surface area contributed by atoms with E-state index in [1.807, 2.05) is 62.4 Å². The summed E-state index contributed by atoms with van der Waals surface area (Å²) in [4.78, 5) is 16.5. The number of hydrogen-bond acceptors (Lipinski definition) is 4. The molecule has 0 radical (unpaired) electrons. The topological polar surface area (TPSA) is 63.7 Å². The van der Waals surface area contributed by atoms with Gasteiger partial charge in [-0.1, -0.05) is 23.7 Å². The molecule has 0 aliphatic rings. The summed E-state index contributed by atoms with van der Waals surface area (Å²) in [6, 6.07) is 15.5. The van der Waals surface area contributed by atoms with Crippen molar-refractivity contribution in [2.75, 3.05) is 0 Å². The molecule has 0 bridgehead atoms. The molecule has 0 aliphatic carbocycles. The van der Waals surface area contributed by atoms with Crippen LogP contribution in [0.5, 0.6) is 5.75 Å². The Kier molecular flexibility index (Phi) is 5.08. The molecule has 2 aromatic carbocycles. The molecular weight excluding hydrogens is 372 g/mol. The Morgan fingerprint density at radius 3 is 2.21 bits per heavy atom. The summed E-state index contributed by atoms with van der Waals surface area (Å²) in [5, 5.41) is 0.713. The van der Waals surface area contributed by atoms with Gasteiger partial charge in [0.1, 0.15) is 24.0 Å². The monoisotopic (exact) mass is 390 g/mol. The molecule has 0 aliphatic heterocycles. The molecule has 4 aromatic rings. The highest BCUT2D eigenvalue weighted by Crippen LogP contribution is 2.27. The van der Waals surface area contributed by atoms with Crippen LogP contribution in [0.2, 0.25) is 5.02 Å². The van der Waals surface area contributed by atoms with Gasteiger partial charge < -0.3 is 9.72 Å². The van der Waals surface area contributed by atoms with Crippen LogP contribution in [0.15, 0.2) is 60.9 Å². The van der Waals surface area contributed by atoms with Crippen molar-refractivity contribution in [2.45, 2.75) is 20.5 Å². The third-order valence-corrected chi connectivity index (χ3v) is 4.62. The normalized spacial score (nSPS) is 10.8. The highest BCUT2D eigenvalue weighted by atomic mass is 35.5. The number of benzene rings is 2. The summed E-state index contributed by atoms with van der Waals surface area (Å²) in [5.41, 5.74) is 4.89. The number of hydrogen-bond donors (Lipinski definition) is 1. The summed E-state index contributed by atoms with van der Waals surface area (Å²) >= 11 is 5.98. The molecule has 0 saturated heterocycles. The first-order valence-electron chi connectivity index (χ1n) is 8.92. The van der Waals surface area contributed by atoms with E-state index >= 15 is 0 Å². The lowest BCUT2D eigenvalue weighted by molar-refractivity contribution is 0.305. The molecule has 140 valence electrons. The average Bonchev–Trinajstić information content (AvgIpc) is 3.10. The number of rotatable bonds is 5.